The zero-order chi connectivity index (χ0) is 13.0. The van der Waals surface area contributed by atoms with Crippen molar-refractivity contribution in [3.05, 3.63) is 23.9 Å². The fourth-order valence-corrected chi connectivity index (χ4v) is 1.82. The third-order valence-electron chi connectivity index (χ3n) is 3.05. The molecule has 0 saturated heterocycles. The maximum Gasteiger partial charge on any atom is 0.239 e. The lowest BCUT2D eigenvalue weighted by Crippen LogP contribution is -2.34. The zero-order valence-electron chi connectivity index (χ0n) is 10.9. The monoisotopic (exact) mass is 248 g/mol. The van der Waals surface area contributed by atoms with E-state index in [1.165, 1.54) is 12.8 Å². The molecule has 0 atom stereocenters. The summed E-state index contributed by atoms with van der Waals surface area (Å²) < 4.78 is 0. The van der Waals surface area contributed by atoms with E-state index in [2.05, 4.69) is 21.7 Å². The molecule has 0 aromatic carbocycles. The first-order valence-corrected chi connectivity index (χ1v) is 6.29. The average Bonchev–Trinajstić information content (AvgIpc) is 3.20. The number of nitrogens with zero attached hydrogens (tertiary/aromatic N) is 2. The van der Waals surface area contributed by atoms with Crippen molar-refractivity contribution in [2.24, 2.45) is 0 Å². The average molecular weight is 248 g/mol. The zero-order valence-corrected chi connectivity index (χ0v) is 10.9. The lowest BCUT2D eigenvalue weighted by molar-refractivity contribution is -0.119. The molecule has 18 heavy (non-hydrogen) atoms. The summed E-state index contributed by atoms with van der Waals surface area (Å²) >= 11 is 0. The fraction of sp³-hybridized carbons (Fsp3) is 0.538. The van der Waals surface area contributed by atoms with Gasteiger partial charge in [-0.2, -0.15) is 0 Å². The lowest BCUT2D eigenvalue weighted by atomic mass is 10.2. The normalized spacial score (nSPS) is 14.3. The van der Waals surface area contributed by atoms with E-state index < -0.39 is 0 Å². The van der Waals surface area contributed by atoms with Gasteiger partial charge in [-0.1, -0.05) is 6.07 Å². The molecule has 0 spiro atoms. The molecule has 0 radical (unpaired) electrons. The summed E-state index contributed by atoms with van der Waals surface area (Å²) in [4.78, 5) is 17.6. The van der Waals surface area contributed by atoms with E-state index in [1.807, 2.05) is 18.0 Å². The Morgan fingerprint density at radius 2 is 2.33 bits per heavy atom. The van der Waals surface area contributed by atoms with Crippen LogP contribution in [0.3, 0.4) is 0 Å². The number of anilines is 1. The van der Waals surface area contributed by atoms with E-state index in [1.54, 1.807) is 13.2 Å². The number of likely N-dealkylation sites (N-methyl/N-ethyl adjacent to an activating group) is 2. The fourth-order valence-electron chi connectivity index (χ4n) is 1.82. The Balaban J connectivity index is 2.02. The van der Waals surface area contributed by atoms with E-state index >= 15 is 0 Å². The smallest absolute Gasteiger partial charge is 0.239 e. The summed E-state index contributed by atoms with van der Waals surface area (Å²) in [7, 11) is 3.53. The number of hydrogen-bond acceptors (Lipinski definition) is 4. The van der Waals surface area contributed by atoms with Crippen molar-refractivity contribution in [1.82, 2.24) is 15.6 Å². The van der Waals surface area contributed by atoms with Crippen molar-refractivity contribution in [1.29, 1.82) is 0 Å². The summed E-state index contributed by atoms with van der Waals surface area (Å²) in [6.07, 6.45) is 4.30. The quantitative estimate of drug-likeness (QED) is 0.770. The second kappa shape index (κ2) is 5.82. The van der Waals surface area contributed by atoms with Gasteiger partial charge in [0, 0.05) is 38.4 Å². The van der Waals surface area contributed by atoms with Crippen LogP contribution in [0.1, 0.15) is 18.4 Å². The highest BCUT2D eigenvalue weighted by molar-refractivity contribution is 5.80. The van der Waals surface area contributed by atoms with E-state index in [0.717, 1.165) is 17.9 Å². The molecular formula is C13H20N4O. The molecule has 2 N–H and O–H groups in total. The van der Waals surface area contributed by atoms with Gasteiger partial charge in [0.05, 0.1) is 6.54 Å². The number of nitrogens with one attached hydrogen (secondary N) is 2. The van der Waals surface area contributed by atoms with Gasteiger partial charge in [-0.15, -0.1) is 0 Å². The van der Waals surface area contributed by atoms with Crippen LogP contribution in [0.4, 0.5) is 5.82 Å². The molecule has 1 heterocycles. The Morgan fingerprint density at radius 3 is 3.00 bits per heavy atom. The van der Waals surface area contributed by atoms with Gasteiger partial charge in [0.25, 0.3) is 0 Å². The number of pyridine rings is 1. The maximum atomic E-state index is 11.4. The molecule has 5 heteroatoms. The Hall–Kier alpha value is -1.62. The van der Waals surface area contributed by atoms with Crippen molar-refractivity contribution >= 4 is 11.7 Å². The predicted molar refractivity (Wildman–Crippen MR) is 71.4 cm³/mol. The third kappa shape index (κ3) is 3.43. The first-order chi connectivity index (χ1) is 8.70. The molecule has 1 amide bonds. The molecule has 1 aromatic rings. The van der Waals surface area contributed by atoms with Crippen molar-refractivity contribution in [2.45, 2.75) is 25.4 Å². The minimum Gasteiger partial charge on any atom is -0.358 e. The van der Waals surface area contributed by atoms with Crippen molar-refractivity contribution in [2.75, 3.05) is 25.5 Å². The Bertz CT molecular complexity index is 417. The standard InChI is InChI=1S/C13H20N4O/c1-14-12(18)9-17(2)13-10(4-3-7-15-13)8-16-11-5-6-11/h3-4,7,11,16H,5-6,8-9H2,1-2H3,(H,14,18). The molecule has 0 bridgehead atoms. The van der Waals surface area contributed by atoms with Crippen LogP contribution in [0, 0.1) is 0 Å². The first-order valence-electron chi connectivity index (χ1n) is 6.29. The summed E-state index contributed by atoms with van der Waals surface area (Å²) in [5.74, 6) is 0.860. The summed E-state index contributed by atoms with van der Waals surface area (Å²) in [6, 6.07) is 4.65. The van der Waals surface area contributed by atoms with E-state index in [-0.39, 0.29) is 5.91 Å². The van der Waals surface area contributed by atoms with E-state index in [9.17, 15) is 4.79 Å². The van der Waals surface area contributed by atoms with Gasteiger partial charge in [0.1, 0.15) is 5.82 Å². The second-order valence-corrected chi connectivity index (χ2v) is 4.67. The molecule has 0 aliphatic heterocycles. The highest BCUT2D eigenvalue weighted by Gasteiger charge is 2.21. The topological polar surface area (TPSA) is 57.3 Å². The van der Waals surface area contributed by atoms with Crippen molar-refractivity contribution in [3.8, 4) is 0 Å². The molecular weight excluding hydrogens is 228 g/mol. The Labute approximate surface area is 108 Å². The lowest BCUT2D eigenvalue weighted by Gasteiger charge is -2.20. The maximum absolute atomic E-state index is 11.4. The third-order valence-corrected chi connectivity index (χ3v) is 3.05. The SMILES string of the molecule is CNC(=O)CN(C)c1ncccc1CNC1CC1. The van der Waals surface area contributed by atoms with E-state index in [0.29, 0.717) is 12.6 Å². The van der Waals surface area contributed by atoms with Crippen molar-refractivity contribution in [3.63, 3.8) is 0 Å². The first kappa shape index (κ1) is 12.8. The molecule has 5 nitrogen and oxygen atoms in total. The number of carbonyl (C=O) groups excluding carboxylic acids is 1. The molecule has 0 unspecified atom stereocenters. The molecule has 1 aliphatic rings. The van der Waals surface area contributed by atoms with Crippen LogP contribution in [0.5, 0.6) is 0 Å². The highest BCUT2D eigenvalue weighted by atomic mass is 16.1. The van der Waals surface area contributed by atoms with Crippen LogP contribution in [0.2, 0.25) is 0 Å². The molecule has 98 valence electrons. The van der Waals surface area contributed by atoms with Gasteiger partial charge in [-0.3, -0.25) is 4.79 Å². The predicted octanol–water partition coefficient (Wildman–Crippen LogP) is 0.516. The van der Waals surface area contributed by atoms with Gasteiger partial charge in [-0.25, -0.2) is 4.98 Å². The number of amides is 1. The highest BCUT2D eigenvalue weighted by Crippen LogP contribution is 2.21. The molecule has 1 aromatic heterocycles. The minimum atomic E-state index is -0.00995. The molecule has 2 rings (SSSR count). The molecule has 1 saturated carbocycles. The summed E-state index contributed by atoms with van der Waals surface area (Å²) in [5, 5.41) is 6.09. The largest absolute Gasteiger partial charge is 0.358 e. The minimum absolute atomic E-state index is 0.00995. The van der Waals surface area contributed by atoms with Crippen LogP contribution in [0.25, 0.3) is 0 Å². The van der Waals surface area contributed by atoms with Gasteiger partial charge in [0.15, 0.2) is 0 Å². The van der Waals surface area contributed by atoms with Gasteiger partial charge in [-0.05, 0) is 18.9 Å². The molecule has 1 fully saturated rings. The van der Waals surface area contributed by atoms with Crippen LogP contribution in [0.15, 0.2) is 18.3 Å². The summed E-state index contributed by atoms with van der Waals surface area (Å²) in [6.45, 7) is 1.13. The van der Waals surface area contributed by atoms with Crippen LogP contribution < -0.4 is 15.5 Å². The van der Waals surface area contributed by atoms with Gasteiger partial charge < -0.3 is 15.5 Å². The second-order valence-electron chi connectivity index (χ2n) is 4.67. The van der Waals surface area contributed by atoms with Crippen LogP contribution >= 0.6 is 0 Å². The van der Waals surface area contributed by atoms with Crippen molar-refractivity contribution < 1.29 is 4.79 Å². The van der Waals surface area contributed by atoms with Gasteiger partial charge >= 0.3 is 0 Å². The Kier molecular flexibility index (Phi) is 4.15. The number of hydrogen-bond donors (Lipinski definition) is 2. The summed E-state index contributed by atoms with van der Waals surface area (Å²) in [5.41, 5.74) is 1.14. The Morgan fingerprint density at radius 1 is 1.56 bits per heavy atom. The van der Waals surface area contributed by atoms with E-state index in [4.69, 9.17) is 0 Å². The molecule has 1 aliphatic carbocycles. The van der Waals surface area contributed by atoms with Gasteiger partial charge in [0.2, 0.25) is 5.91 Å². The number of rotatable bonds is 6. The van der Waals surface area contributed by atoms with Crippen LogP contribution in [-0.4, -0.2) is 37.6 Å². The van der Waals surface area contributed by atoms with Crippen LogP contribution in [-0.2, 0) is 11.3 Å². The number of aromatic nitrogens is 1. The number of carbonyl (C=O) groups is 1.